The van der Waals surface area contributed by atoms with Crippen LogP contribution >= 0.6 is 11.6 Å². The highest BCUT2D eigenvalue weighted by atomic mass is 35.5. The van der Waals surface area contributed by atoms with Crippen LogP contribution in [-0.4, -0.2) is 76.3 Å². The molecule has 0 saturated carbocycles. The Kier molecular flexibility index (Phi) is 13.3. The topological polar surface area (TPSA) is 140 Å². The Balaban J connectivity index is 1.31. The van der Waals surface area contributed by atoms with Crippen molar-refractivity contribution in [3.8, 4) is 34.4 Å². The van der Waals surface area contributed by atoms with Crippen molar-refractivity contribution >= 4 is 11.6 Å². The number of halogens is 1. The van der Waals surface area contributed by atoms with E-state index < -0.39 is 5.54 Å². The third kappa shape index (κ3) is 9.98. The van der Waals surface area contributed by atoms with Crippen LogP contribution in [0.5, 0.6) is 17.2 Å². The Bertz CT molecular complexity index is 1830. The normalized spacial score (nSPS) is 14.7. The van der Waals surface area contributed by atoms with Gasteiger partial charge in [0.15, 0.2) is 0 Å². The smallest absolute Gasteiger partial charge is 0.142 e. The number of nitriles is 1. The number of aliphatic hydroxyl groups is 3. The lowest BCUT2D eigenvalue weighted by molar-refractivity contribution is 0.103. The van der Waals surface area contributed by atoms with Gasteiger partial charge in [-0.15, -0.1) is 0 Å². The fourth-order valence-corrected chi connectivity index (χ4v) is 6.29. The summed E-state index contributed by atoms with van der Waals surface area (Å²) in [5, 5.41) is 42.2. The monoisotopic (exact) mass is 714 g/mol. The molecule has 0 amide bonds. The lowest BCUT2D eigenvalue weighted by atomic mass is 9.93. The summed E-state index contributed by atoms with van der Waals surface area (Å²) >= 11 is 6.76. The summed E-state index contributed by atoms with van der Waals surface area (Å²) in [4.78, 5) is 6.40. The third-order valence-electron chi connectivity index (χ3n) is 9.36. The molecule has 0 spiro atoms. The molecule has 10 nitrogen and oxygen atoms in total. The third-order valence-corrected chi connectivity index (χ3v) is 9.66. The quantitative estimate of drug-likeness (QED) is 0.101. The van der Waals surface area contributed by atoms with E-state index in [1.54, 1.807) is 31.3 Å². The first-order valence-electron chi connectivity index (χ1n) is 17.2. The number of aliphatic hydroxyl groups excluding tert-OH is 3. The van der Waals surface area contributed by atoms with E-state index in [1.807, 2.05) is 24.3 Å². The van der Waals surface area contributed by atoms with E-state index in [2.05, 4.69) is 47.3 Å². The van der Waals surface area contributed by atoms with Gasteiger partial charge in [0.1, 0.15) is 36.5 Å². The molecule has 1 saturated heterocycles. The van der Waals surface area contributed by atoms with Gasteiger partial charge in [0.25, 0.3) is 0 Å². The maximum atomic E-state index is 9.79. The molecular formula is C40H47ClN4O6. The number of nitrogens with one attached hydrogen (secondary N) is 1. The number of ether oxygens (including phenoxy) is 3. The zero-order valence-corrected chi connectivity index (χ0v) is 30.2. The second-order valence-corrected chi connectivity index (χ2v) is 13.8. The molecule has 3 aromatic carbocycles. The van der Waals surface area contributed by atoms with E-state index in [1.165, 1.54) is 6.20 Å². The fourth-order valence-electron chi connectivity index (χ4n) is 6.05. The molecule has 1 atom stereocenters. The standard InChI is InChI=1S/C40H47ClN4O6/c1-27-31(7-4-8-34(27)35-9-5-10-37(28(35)2)49-14-6-12-45-13-11-33(48)22-45)24-51-39-17-38(50-23-30-15-29(18-42)19-43-20-30)32(16-36(39)41)21-44-40(3,25-46)26-47/h4-5,7-10,15-17,19-20,33,44,46-48H,6,11-14,21-26H2,1-3H3/t33-/m1/s1. The van der Waals surface area contributed by atoms with E-state index in [4.69, 9.17) is 25.8 Å². The van der Waals surface area contributed by atoms with Crippen molar-refractivity contribution in [2.24, 2.45) is 0 Å². The number of likely N-dealkylation sites (tertiary alicyclic amines) is 1. The molecule has 0 radical (unpaired) electrons. The lowest BCUT2D eigenvalue weighted by Crippen LogP contribution is -2.48. The average molecular weight is 715 g/mol. The van der Waals surface area contributed by atoms with Crippen LogP contribution in [0.15, 0.2) is 67.0 Å². The molecule has 51 heavy (non-hydrogen) atoms. The van der Waals surface area contributed by atoms with Crippen LogP contribution in [0.25, 0.3) is 11.1 Å². The van der Waals surface area contributed by atoms with Gasteiger partial charge < -0.3 is 39.7 Å². The van der Waals surface area contributed by atoms with Crippen molar-refractivity contribution in [2.75, 3.05) is 39.5 Å². The zero-order chi connectivity index (χ0) is 36.4. The van der Waals surface area contributed by atoms with E-state index in [0.29, 0.717) is 34.3 Å². The molecule has 1 aromatic heterocycles. The van der Waals surface area contributed by atoms with E-state index >= 15 is 0 Å². The van der Waals surface area contributed by atoms with E-state index in [0.717, 1.165) is 71.6 Å². The van der Waals surface area contributed by atoms with Gasteiger partial charge in [-0.05, 0) is 79.6 Å². The summed E-state index contributed by atoms with van der Waals surface area (Å²) in [5.41, 5.74) is 6.28. The molecule has 2 heterocycles. The second kappa shape index (κ2) is 17.8. The number of hydrogen-bond donors (Lipinski definition) is 4. The maximum Gasteiger partial charge on any atom is 0.142 e. The maximum absolute atomic E-state index is 9.79. The van der Waals surface area contributed by atoms with Crippen molar-refractivity contribution in [1.29, 1.82) is 5.26 Å². The molecule has 11 heteroatoms. The summed E-state index contributed by atoms with van der Waals surface area (Å²) < 4.78 is 18.8. The highest BCUT2D eigenvalue weighted by molar-refractivity contribution is 6.32. The molecule has 4 N–H and O–H groups in total. The van der Waals surface area contributed by atoms with Crippen LogP contribution in [-0.2, 0) is 19.8 Å². The molecule has 0 unspecified atom stereocenters. The second-order valence-electron chi connectivity index (χ2n) is 13.4. The van der Waals surface area contributed by atoms with Gasteiger partial charge in [-0.25, -0.2) is 0 Å². The Hall–Kier alpha value is -4.21. The number of pyridine rings is 1. The minimum Gasteiger partial charge on any atom is -0.493 e. The minimum atomic E-state index is -0.908. The first kappa shape index (κ1) is 38.0. The molecule has 1 fully saturated rings. The van der Waals surface area contributed by atoms with Gasteiger partial charge in [0.2, 0.25) is 0 Å². The van der Waals surface area contributed by atoms with Crippen LogP contribution in [0, 0.1) is 25.2 Å². The summed E-state index contributed by atoms with van der Waals surface area (Å²) in [7, 11) is 0. The van der Waals surface area contributed by atoms with Gasteiger partial charge in [-0.1, -0.05) is 41.9 Å². The highest BCUT2D eigenvalue weighted by Gasteiger charge is 2.23. The zero-order valence-electron chi connectivity index (χ0n) is 29.5. The Morgan fingerprint density at radius 2 is 1.69 bits per heavy atom. The fraction of sp³-hybridized carbons (Fsp3) is 0.400. The molecule has 5 rings (SSSR count). The highest BCUT2D eigenvalue weighted by Crippen LogP contribution is 2.36. The van der Waals surface area contributed by atoms with Gasteiger partial charge >= 0.3 is 0 Å². The Morgan fingerprint density at radius 3 is 2.41 bits per heavy atom. The SMILES string of the molecule is Cc1c(COc2cc(OCc3cncc(C#N)c3)c(CNC(C)(CO)CO)cc2Cl)cccc1-c1cccc(OCCCN2CC[C@@H](O)C2)c1C. The molecule has 0 bridgehead atoms. The number of β-amino-alcohol motifs (C(OH)–C–C–N with tert-alkyl or cyclic N) is 1. The summed E-state index contributed by atoms with van der Waals surface area (Å²) in [5.74, 6) is 1.79. The van der Waals surface area contributed by atoms with Crippen molar-refractivity contribution < 1.29 is 29.5 Å². The van der Waals surface area contributed by atoms with Crippen molar-refractivity contribution in [2.45, 2.75) is 65.0 Å². The van der Waals surface area contributed by atoms with Crippen molar-refractivity contribution in [1.82, 2.24) is 15.2 Å². The molecule has 4 aromatic rings. The van der Waals surface area contributed by atoms with Crippen molar-refractivity contribution in [3.63, 3.8) is 0 Å². The molecular weight excluding hydrogens is 668 g/mol. The minimum absolute atomic E-state index is 0.153. The number of hydrogen-bond acceptors (Lipinski definition) is 10. The summed E-state index contributed by atoms with van der Waals surface area (Å²) in [6.07, 6.45) is 4.66. The first-order valence-corrected chi connectivity index (χ1v) is 17.6. The van der Waals surface area contributed by atoms with Crippen LogP contribution in [0.3, 0.4) is 0 Å². The largest absolute Gasteiger partial charge is 0.493 e. The molecule has 1 aliphatic rings. The van der Waals surface area contributed by atoms with E-state index in [-0.39, 0.29) is 39.1 Å². The van der Waals surface area contributed by atoms with Crippen molar-refractivity contribution in [3.05, 3.63) is 105 Å². The van der Waals surface area contributed by atoms with Gasteiger partial charge in [0, 0.05) is 55.8 Å². The van der Waals surface area contributed by atoms with Crippen LogP contribution in [0.4, 0.5) is 0 Å². The molecule has 0 aliphatic carbocycles. The molecule has 1 aliphatic heterocycles. The Morgan fingerprint density at radius 1 is 0.941 bits per heavy atom. The van der Waals surface area contributed by atoms with Gasteiger partial charge in [-0.2, -0.15) is 5.26 Å². The van der Waals surface area contributed by atoms with E-state index in [9.17, 15) is 20.6 Å². The lowest BCUT2D eigenvalue weighted by Gasteiger charge is -2.27. The number of aromatic nitrogens is 1. The Labute approximate surface area is 305 Å². The first-order chi connectivity index (χ1) is 24.6. The van der Waals surface area contributed by atoms with Crippen LogP contribution in [0.1, 0.15) is 53.1 Å². The number of rotatable bonds is 17. The van der Waals surface area contributed by atoms with Crippen LogP contribution in [0.2, 0.25) is 5.02 Å². The number of nitrogens with zero attached hydrogens (tertiary/aromatic N) is 3. The predicted octanol–water partition coefficient (Wildman–Crippen LogP) is 5.72. The number of benzene rings is 3. The average Bonchev–Trinajstić information content (AvgIpc) is 3.57. The van der Waals surface area contributed by atoms with Gasteiger partial charge in [-0.3, -0.25) is 4.98 Å². The summed E-state index contributed by atoms with van der Waals surface area (Å²) in [6, 6.07) is 19.6. The molecule has 270 valence electrons. The van der Waals surface area contributed by atoms with Gasteiger partial charge in [0.05, 0.1) is 42.0 Å². The predicted molar refractivity (Wildman–Crippen MR) is 197 cm³/mol. The summed E-state index contributed by atoms with van der Waals surface area (Å²) in [6.45, 7) is 9.23. The van der Waals surface area contributed by atoms with Crippen LogP contribution < -0.4 is 19.5 Å².